The van der Waals surface area contributed by atoms with Crippen molar-refractivity contribution in [3.05, 3.63) is 0 Å². The number of thiocarbonyl (C=S) groups is 1. The number of hydrogen-bond donors (Lipinski definition) is 3. The molecule has 5 N–H and O–H groups in total. The van der Waals surface area contributed by atoms with Gasteiger partial charge in [0, 0.05) is 0 Å². The zero-order valence-corrected chi connectivity index (χ0v) is 8.26. The first-order valence-corrected chi connectivity index (χ1v) is 4.29. The van der Waals surface area contributed by atoms with E-state index in [-0.39, 0.29) is 5.11 Å². The van der Waals surface area contributed by atoms with Crippen molar-refractivity contribution in [3.63, 3.8) is 0 Å². The Morgan fingerprint density at radius 3 is 2.62 bits per heavy atom. The largest absolute Gasteiger partial charge is 0.346 e. The zero-order chi connectivity index (χ0) is 9.90. The van der Waals surface area contributed by atoms with E-state index >= 15 is 0 Å². The molecule has 1 fully saturated rings. The van der Waals surface area contributed by atoms with Crippen LogP contribution < -0.4 is 17.1 Å². The smallest absolute Gasteiger partial charge is 0.197 e. The maximum absolute atomic E-state index is 5.58. The van der Waals surface area contributed by atoms with E-state index in [1.54, 1.807) is 6.92 Å². The van der Waals surface area contributed by atoms with Gasteiger partial charge >= 0.3 is 0 Å². The summed E-state index contributed by atoms with van der Waals surface area (Å²) in [6, 6.07) is 0. The Morgan fingerprint density at radius 2 is 2.15 bits per heavy atom. The van der Waals surface area contributed by atoms with Crippen molar-refractivity contribution in [3.8, 4) is 0 Å². The van der Waals surface area contributed by atoms with Gasteiger partial charge in [-0.1, -0.05) is 0 Å². The summed E-state index contributed by atoms with van der Waals surface area (Å²) in [5.41, 5.74) is 2.28. The summed E-state index contributed by atoms with van der Waals surface area (Å²) in [5.74, 6) is 9.99. The highest BCUT2D eigenvalue weighted by molar-refractivity contribution is 7.80. The lowest BCUT2D eigenvalue weighted by atomic mass is 10.3. The van der Waals surface area contributed by atoms with Gasteiger partial charge in [0.05, 0.1) is 19.8 Å². The summed E-state index contributed by atoms with van der Waals surface area (Å²) < 4.78 is 10.7. The minimum absolute atomic E-state index is 0.250. The van der Waals surface area contributed by atoms with Gasteiger partial charge in [0.15, 0.2) is 10.9 Å². The summed E-state index contributed by atoms with van der Waals surface area (Å²) in [4.78, 5) is 0. The van der Waals surface area contributed by atoms with Crippen LogP contribution in [0.4, 0.5) is 0 Å². The second-order valence-electron chi connectivity index (χ2n) is 2.91. The van der Waals surface area contributed by atoms with Crippen LogP contribution in [-0.4, -0.2) is 35.7 Å². The molecule has 1 aliphatic rings. The lowest BCUT2D eigenvalue weighted by Crippen LogP contribution is -2.53. The van der Waals surface area contributed by atoms with E-state index in [4.69, 9.17) is 33.4 Å². The van der Waals surface area contributed by atoms with Crippen LogP contribution in [0, 0.1) is 0 Å². The summed E-state index contributed by atoms with van der Waals surface area (Å²) in [6.07, 6.45) is 0. The Hall–Kier alpha value is -0.470. The molecule has 0 aliphatic carbocycles. The average molecular weight is 206 g/mol. The molecule has 0 radical (unpaired) electrons. The topological polar surface area (TPSA) is 85.8 Å². The lowest BCUT2D eigenvalue weighted by molar-refractivity contribution is -0.149. The van der Waals surface area contributed by atoms with Crippen LogP contribution in [0.2, 0.25) is 0 Å². The van der Waals surface area contributed by atoms with Gasteiger partial charge in [-0.3, -0.25) is 10.4 Å². The van der Waals surface area contributed by atoms with Crippen molar-refractivity contribution in [2.45, 2.75) is 12.7 Å². The third-order valence-electron chi connectivity index (χ3n) is 1.74. The molecule has 76 valence electrons. The fourth-order valence-corrected chi connectivity index (χ4v) is 1.18. The van der Waals surface area contributed by atoms with Crippen molar-refractivity contribution in [2.75, 3.05) is 19.8 Å². The van der Waals surface area contributed by atoms with E-state index in [9.17, 15) is 0 Å². The summed E-state index contributed by atoms with van der Waals surface area (Å²) >= 11 is 4.82. The van der Waals surface area contributed by atoms with Gasteiger partial charge < -0.3 is 9.47 Å². The zero-order valence-electron chi connectivity index (χ0n) is 7.45. The van der Waals surface area contributed by atoms with Crippen LogP contribution in [0.15, 0.2) is 0 Å². The van der Waals surface area contributed by atoms with Gasteiger partial charge in [0.1, 0.15) is 0 Å². The van der Waals surface area contributed by atoms with E-state index in [1.807, 2.05) is 0 Å². The molecule has 13 heavy (non-hydrogen) atoms. The molecule has 0 aromatic heterocycles. The molecule has 6 nitrogen and oxygen atoms in total. The summed E-state index contributed by atoms with van der Waals surface area (Å²) in [6.45, 7) is 3.30. The van der Waals surface area contributed by atoms with Crippen molar-refractivity contribution in [2.24, 2.45) is 11.7 Å². The van der Waals surface area contributed by atoms with Gasteiger partial charge in [-0.15, -0.1) is 0 Å². The molecular formula is C6H14N4O2S. The van der Waals surface area contributed by atoms with Crippen LogP contribution in [0.5, 0.6) is 0 Å². The normalized spacial score (nSPS) is 19.9. The number of ether oxygens (including phenoxy) is 2. The highest BCUT2D eigenvalue weighted by Crippen LogP contribution is 2.18. The molecule has 0 aromatic carbocycles. The van der Waals surface area contributed by atoms with Gasteiger partial charge in [-0.05, 0) is 19.1 Å². The first-order valence-electron chi connectivity index (χ1n) is 3.88. The predicted molar refractivity (Wildman–Crippen MR) is 51.1 cm³/mol. The third-order valence-corrected chi connectivity index (χ3v) is 2.09. The van der Waals surface area contributed by atoms with Gasteiger partial charge in [0.25, 0.3) is 0 Å². The number of hydrogen-bond acceptors (Lipinski definition) is 5. The molecule has 0 spiro atoms. The fraction of sp³-hybridized carbons (Fsp3) is 0.833. The van der Waals surface area contributed by atoms with Gasteiger partial charge in [-0.2, -0.15) is 0 Å². The van der Waals surface area contributed by atoms with Crippen molar-refractivity contribution in [1.29, 1.82) is 0 Å². The molecule has 1 heterocycles. The van der Waals surface area contributed by atoms with E-state index in [1.165, 1.54) is 5.01 Å². The monoisotopic (exact) mass is 206 g/mol. The molecule has 0 atom stereocenters. The Balaban J connectivity index is 2.42. The molecule has 7 heteroatoms. The number of nitrogens with zero attached hydrogens (tertiary/aromatic N) is 1. The van der Waals surface area contributed by atoms with Crippen LogP contribution in [0.1, 0.15) is 6.92 Å². The summed E-state index contributed by atoms with van der Waals surface area (Å²) in [5, 5.41) is 1.53. The predicted octanol–water partition coefficient (Wildman–Crippen LogP) is -1.33. The fourth-order valence-electron chi connectivity index (χ4n) is 1.11. The van der Waals surface area contributed by atoms with E-state index < -0.39 is 5.79 Å². The molecule has 0 unspecified atom stereocenters. The standard InChI is InChI=1S/C6H14N4O2S/c1-6(11-2-3-12-6)4-10(8)5(13)9-7/h2-4,7-8H2,1H3,(H,9,13). The van der Waals surface area contributed by atoms with Gasteiger partial charge in [0.2, 0.25) is 0 Å². The molecule has 1 saturated heterocycles. The number of rotatable bonds is 2. The maximum atomic E-state index is 5.58. The van der Waals surface area contributed by atoms with Crippen molar-refractivity contribution < 1.29 is 9.47 Å². The van der Waals surface area contributed by atoms with Crippen LogP contribution in [0.3, 0.4) is 0 Å². The molecule has 1 rings (SSSR count). The average Bonchev–Trinajstić information content (AvgIpc) is 2.50. The minimum atomic E-state index is -0.685. The van der Waals surface area contributed by atoms with Gasteiger partial charge in [-0.25, -0.2) is 11.7 Å². The first-order chi connectivity index (χ1) is 6.07. The molecule has 0 saturated carbocycles. The van der Waals surface area contributed by atoms with E-state index in [0.29, 0.717) is 19.8 Å². The lowest BCUT2D eigenvalue weighted by Gasteiger charge is -2.28. The quantitative estimate of drug-likeness (QED) is 0.293. The number of nitrogens with one attached hydrogen (secondary N) is 1. The molecular weight excluding hydrogens is 192 g/mol. The Bertz CT molecular complexity index is 195. The highest BCUT2D eigenvalue weighted by Gasteiger charge is 2.33. The Morgan fingerprint density at radius 1 is 1.62 bits per heavy atom. The number of nitrogens with two attached hydrogens (primary N) is 2. The Labute approximate surface area is 82.1 Å². The molecule has 0 bridgehead atoms. The van der Waals surface area contributed by atoms with Crippen molar-refractivity contribution >= 4 is 17.3 Å². The van der Waals surface area contributed by atoms with Crippen molar-refractivity contribution in [1.82, 2.24) is 10.4 Å². The van der Waals surface area contributed by atoms with E-state index in [2.05, 4.69) is 5.43 Å². The second kappa shape index (κ2) is 4.16. The highest BCUT2D eigenvalue weighted by atomic mass is 32.1. The SMILES string of the molecule is CC1(CN(N)C(=S)NN)OCCO1. The third kappa shape index (κ3) is 2.75. The summed E-state index contributed by atoms with van der Waals surface area (Å²) in [7, 11) is 0. The Kier molecular flexibility index (Phi) is 3.40. The molecule has 0 aromatic rings. The van der Waals surface area contributed by atoms with Crippen LogP contribution in [0.25, 0.3) is 0 Å². The molecule has 0 amide bonds. The maximum Gasteiger partial charge on any atom is 0.197 e. The second-order valence-corrected chi connectivity index (χ2v) is 3.29. The number of hydrazine groups is 2. The molecule has 1 aliphatic heterocycles. The van der Waals surface area contributed by atoms with Crippen LogP contribution >= 0.6 is 12.2 Å². The van der Waals surface area contributed by atoms with E-state index in [0.717, 1.165) is 0 Å². The minimum Gasteiger partial charge on any atom is -0.346 e. The first kappa shape index (κ1) is 10.6. The van der Waals surface area contributed by atoms with Crippen LogP contribution in [-0.2, 0) is 9.47 Å².